The van der Waals surface area contributed by atoms with Gasteiger partial charge in [-0.3, -0.25) is 9.59 Å². The second-order valence-corrected chi connectivity index (χ2v) is 6.24. The van der Waals surface area contributed by atoms with E-state index in [1.165, 1.54) is 0 Å². The van der Waals surface area contributed by atoms with Crippen molar-refractivity contribution >= 4 is 27.6 Å². The van der Waals surface area contributed by atoms with E-state index < -0.39 is 0 Å². The van der Waals surface area contributed by atoms with Crippen LogP contribution < -0.4 is 10.9 Å². The average molecular weight is 359 g/mol. The van der Waals surface area contributed by atoms with Crippen molar-refractivity contribution in [1.82, 2.24) is 25.5 Å². The van der Waals surface area contributed by atoms with Gasteiger partial charge in [0.2, 0.25) is 5.91 Å². The maximum absolute atomic E-state index is 12.4. The summed E-state index contributed by atoms with van der Waals surface area (Å²) >= 11 is 0. The number of carbonyl (C=O) groups is 1. The zero-order valence-corrected chi connectivity index (χ0v) is 14.7. The number of rotatable bonds is 4. The van der Waals surface area contributed by atoms with Crippen LogP contribution in [0.25, 0.3) is 21.7 Å². The average Bonchev–Trinajstić information content (AvgIpc) is 2.69. The van der Waals surface area contributed by atoms with Gasteiger partial charge in [-0.1, -0.05) is 36.4 Å². The van der Waals surface area contributed by atoms with Gasteiger partial charge in [-0.2, -0.15) is 5.10 Å². The molecule has 2 N–H and O–H groups in total. The fourth-order valence-electron chi connectivity index (χ4n) is 3.07. The molecular weight excluding hydrogens is 342 g/mol. The summed E-state index contributed by atoms with van der Waals surface area (Å²) in [6, 6.07) is 14.9. The fraction of sp³-hybridized carbons (Fsp3) is 0.150. The molecule has 0 aliphatic rings. The molecule has 0 aliphatic heterocycles. The zero-order chi connectivity index (χ0) is 18.8. The first-order valence-corrected chi connectivity index (χ1v) is 8.57. The standard InChI is InChI=1S/C20H17N5O2/c1-12-13-6-4-5-9-16(13)23-18(22-12)11-21-19(26)10-17-14-7-2-3-8-15(14)20(27)25-24-17/h2-9H,10-11H2,1H3,(H,21,26)(H,25,27). The second-order valence-electron chi connectivity index (χ2n) is 6.24. The van der Waals surface area contributed by atoms with Crippen molar-refractivity contribution in [3.8, 4) is 0 Å². The van der Waals surface area contributed by atoms with Gasteiger partial charge in [0.1, 0.15) is 5.82 Å². The topological polar surface area (TPSA) is 101 Å². The molecular formula is C20H17N5O2. The minimum absolute atomic E-state index is 0.0594. The van der Waals surface area contributed by atoms with Crippen LogP contribution in [-0.4, -0.2) is 26.1 Å². The number of benzene rings is 2. The predicted molar refractivity (Wildman–Crippen MR) is 102 cm³/mol. The van der Waals surface area contributed by atoms with E-state index in [4.69, 9.17) is 0 Å². The van der Waals surface area contributed by atoms with Crippen LogP contribution in [0.4, 0.5) is 0 Å². The number of nitrogens with zero attached hydrogens (tertiary/aromatic N) is 3. The van der Waals surface area contributed by atoms with Crippen LogP contribution >= 0.6 is 0 Å². The van der Waals surface area contributed by atoms with E-state index in [1.807, 2.05) is 37.3 Å². The number of hydrogen-bond donors (Lipinski definition) is 2. The Hall–Kier alpha value is -3.61. The molecule has 7 heteroatoms. The Bertz CT molecular complexity index is 1220. The van der Waals surface area contributed by atoms with Crippen LogP contribution in [0, 0.1) is 6.92 Å². The van der Waals surface area contributed by atoms with Crippen molar-refractivity contribution < 1.29 is 4.79 Å². The number of aromatic nitrogens is 4. The number of hydrogen-bond acceptors (Lipinski definition) is 5. The van der Waals surface area contributed by atoms with E-state index in [9.17, 15) is 9.59 Å². The molecule has 2 aromatic heterocycles. The molecule has 4 aromatic rings. The van der Waals surface area contributed by atoms with Crippen LogP contribution in [-0.2, 0) is 17.8 Å². The highest BCUT2D eigenvalue weighted by Crippen LogP contribution is 2.15. The monoisotopic (exact) mass is 359 g/mol. The quantitative estimate of drug-likeness (QED) is 0.581. The SMILES string of the molecule is Cc1nc(CNC(=O)Cc2n[nH]c(=O)c3ccccc23)nc2ccccc12. The molecule has 134 valence electrons. The molecule has 0 bridgehead atoms. The molecule has 0 saturated heterocycles. The molecule has 0 fully saturated rings. The molecule has 0 aliphatic carbocycles. The Labute approximate surface area is 154 Å². The lowest BCUT2D eigenvalue weighted by atomic mass is 10.1. The van der Waals surface area contributed by atoms with Crippen molar-refractivity contribution in [2.75, 3.05) is 0 Å². The highest BCUT2D eigenvalue weighted by atomic mass is 16.1. The lowest BCUT2D eigenvalue weighted by Crippen LogP contribution is -2.27. The Morgan fingerprint density at radius 2 is 1.70 bits per heavy atom. The zero-order valence-electron chi connectivity index (χ0n) is 14.7. The number of para-hydroxylation sites is 1. The third-order valence-corrected chi connectivity index (χ3v) is 4.39. The lowest BCUT2D eigenvalue weighted by molar-refractivity contribution is -0.120. The van der Waals surface area contributed by atoms with Crippen LogP contribution in [0.15, 0.2) is 53.3 Å². The van der Waals surface area contributed by atoms with Gasteiger partial charge < -0.3 is 5.32 Å². The number of H-pyrrole nitrogens is 1. The minimum Gasteiger partial charge on any atom is -0.348 e. The Morgan fingerprint density at radius 1 is 1.00 bits per heavy atom. The van der Waals surface area contributed by atoms with E-state index in [-0.39, 0.29) is 24.4 Å². The van der Waals surface area contributed by atoms with Gasteiger partial charge in [0.05, 0.1) is 29.6 Å². The smallest absolute Gasteiger partial charge is 0.272 e. The highest BCUT2D eigenvalue weighted by Gasteiger charge is 2.11. The molecule has 2 heterocycles. The molecule has 0 atom stereocenters. The van der Waals surface area contributed by atoms with E-state index in [0.29, 0.717) is 22.3 Å². The fourth-order valence-corrected chi connectivity index (χ4v) is 3.07. The molecule has 27 heavy (non-hydrogen) atoms. The first-order chi connectivity index (χ1) is 13.1. The number of amides is 1. The third-order valence-electron chi connectivity index (χ3n) is 4.39. The molecule has 7 nitrogen and oxygen atoms in total. The maximum atomic E-state index is 12.4. The summed E-state index contributed by atoms with van der Waals surface area (Å²) < 4.78 is 0. The van der Waals surface area contributed by atoms with Gasteiger partial charge in [-0.05, 0) is 19.1 Å². The second kappa shape index (κ2) is 6.95. The Morgan fingerprint density at radius 3 is 2.52 bits per heavy atom. The van der Waals surface area contributed by atoms with Crippen LogP contribution in [0.1, 0.15) is 17.2 Å². The number of aromatic amines is 1. The molecule has 0 radical (unpaired) electrons. The summed E-state index contributed by atoms with van der Waals surface area (Å²) in [6.07, 6.45) is 0.0594. The van der Waals surface area contributed by atoms with Gasteiger partial charge in [0, 0.05) is 16.5 Å². The number of fused-ring (bicyclic) bond motifs is 2. The summed E-state index contributed by atoms with van der Waals surface area (Å²) in [5, 5.41) is 11.5. The molecule has 1 amide bonds. The third kappa shape index (κ3) is 3.39. The largest absolute Gasteiger partial charge is 0.348 e. The molecule has 4 rings (SSSR count). The Kier molecular flexibility index (Phi) is 4.33. The van der Waals surface area contributed by atoms with Crippen LogP contribution in [0.5, 0.6) is 0 Å². The van der Waals surface area contributed by atoms with Gasteiger partial charge in [-0.25, -0.2) is 15.1 Å². The number of carbonyl (C=O) groups excluding carboxylic acids is 1. The molecule has 0 saturated carbocycles. The summed E-state index contributed by atoms with van der Waals surface area (Å²) in [6.45, 7) is 2.15. The van der Waals surface area contributed by atoms with Gasteiger partial charge in [0.15, 0.2) is 0 Å². The van der Waals surface area contributed by atoms with Crippen molar-refractivity contribution in [2.45, 2.75) is 19.9 Å². The van der Waals surface area contributed by atoms with Crippen LogP contribution in [0.2, 0.25) is 0 Å². The predicted octanol–water partition coefficient (Wildman–Crippen LogP) is 2.03. The van der Waals surface area contributed by atoms with Crippen molar-refractivity contribution in [1.29, 1.82) is 0 Å². The van der Waals surface area contributed by atoms with Gasteiger partial charge in [0.25, 0.3) is 5.56 Å². The number of aryl methyl sites for hydroxylation is 1. The van der Waals surface area contributed by atoms with E-state index in [0.717, 1.165) is 16.6 Å². The van der Waals surface area contributed by atoms with Crippen molar-refractivity contribution in [2.24, 2.45) is 0 Å². The normalized spacial score (nSPS) is 11.0. The number of nitrogens with one attached hydrogen (secondary N) is 2. The molecule has 0 unspecified atom stereocenters. The van der Waals surface area contributed by atoms with Crippen LogP contribution in [0.3, 0.4) is 0 Å². The first-order valence-electron chi connectivity index (χ1n) is 8.57. The summed E-state index contributed by atoms with van der Waals surface area (Å²) in [7, 11) is 0. The summed E-state index contributed by atoms with van der Waals surface area (Å²) in [5.74, 6) is 0.341. The molecule has 2 aromatic carbocycles. The van der Waals surface area contributed by atoms with Crippen molar-refractivity contribution in [3.05, 3.63) is 76.1 Å². The van der Waals surface area contributed by atoms with E-state index >= 15 is 0 Å². The molecule has 0 spiro atoms. The minimum atomic E-state index is -0.269. The Balaban J connectivity index is 1.51. The maximum Gasteiger partial charge on any atom is 0.272 e. The highest BCUT2D eigenvalue weighted by molar-refractivity contribution is 5.88. The van der Waals surface area contributed by atoms with Crippen molar-refractivity contribution in [3.63, 3.8) is 0 Å². The van der Waals surface area contributed by atoms with Gasteiger partial charge in [-0.15, -0.1) is 0 Å². The lowest BCUT2D eigenvalue weighted by Gasteiger charge is -2.08. The summed E-state index contributed by atoms with van der Waals surface area (Å²) in [4.78, 5) is 33.1. The summed E-state index contributed by atoms with van der Waals surface area (Å²) in [5.41, 5.74) is 1.98. The van der Waals surface area contributed by atoms with E-state index in [1.54, 1.807) is 18.2 Å². The van der Waals surface area contributed by atoms with E-state index in [2.05, 4.69) is 25.5 Å². The van der Waals surface area contributed by atoms with Gasteiger partial charge >= 0.3 is 0 Å². The first kappa shape index (κ1) is 16.8.